The van der Waals surface area contributed by atoms with Gasteiger partial charge in [0, 0.05) is 6.54 Å². The van der Waals surface area contributed by atoms with Gasteiger partial charge >= 0.3 is 0 Å². The molecule has 3 N–H and O–H groups in total. The van der Waals surface area contributed by atoms with E-state index in [2.05, 4.69) is 15.3 Å². The number of fused-ring (bicyclic) bond motifs is 1. The van der Waals surface area contributed by atoms with E-state index in [1.807, 2.05) is 18.4 Å². The quantitative estimate of drug-likeness (QED) is 0.763. The Morgan fingerprint density at radius 3 is 3.15 bits per heavy atom. The van der Waals surface area contributed by atoms with Gasteiger partial charge in [0.15, 0.2) is 0 Å². The van der Waals surface area contributed by atoms with E-state index in [0.717, 1.165) is 22.6 Å². The van der Waals surface area contributed by atoms with Crippen LogP contribution in [0.15, 0.2) is 11.4 Å². The Labute approximate surface area is 79.8 Å². The van der Waals surface area contributed by atoms with Gasteiger partial charge in [0.1, 0.15) is 5.82 Å². The van der Waals surface area contributed by atoms with Crippen LogP contribution in [0.25, 0.3) is 10.2 Å². The summed E-state index contributed by atoms with van der Waals surface area (Å²) < 4.78 is 1.07. The van der Waals surface area contributed by atoms with Crippen LogP contribution < -0.4 is 11.1 Å². The molecule has 4 nitrogen and oxygen atoms in total. The fourth-order valence-electron chi connectivity index (χ4n) is 1.17. The number of nitrogens with zero attached hydrogens (tertiary/aromatic N) is 2. The van der Waals surface area contributed by atoms with Crippen molar-refractivity contribution in [1.29, 1.82) is 0 Å². The Hall–Kier alpha value is -1.36. The van der Waals surface area contributed by atoms with Crippen molar-refractivity contribution in [3.63, 3.8) is 0 Å². The average molecular weight is 194 g/mol. The van der Waals surface area contributed by atoms with E-state index in [0.29, 0.717) is 5.95 Å². The molecular weight excluding hydrogens is 184 g/mol. The molecule has 0 saturated heterocycles. The molecule has 2 rings (SSSR count). The number of nitrogens with one attached hydrogen (secondary N) is 1. The van der Waals surface area contributed by atoms with Gasteiger partial charge in [-0.2, -0.15) is 4.98 Å². The summed E-state index contributed by atoms with van der Waals surface area (Å²) in [4.78, 5) is 8.24. The summed E-state index contributed by atoms with van der Waals surface area (Å²) in [5.41, 5.74) is 6.47. The first kappa shape index (κ1) is 8.25. The molecule has 68 valence electrons. The Morgan fingerprint density at radius 2 is 2.38 bits per heavy atom. The van der Waals surface area contributed by atoms with Gasteiger partial charge in [-0.3, -0.25) is 0 Å². The molecule has 0 saturated carbocycles. The molecule has 5 heteroatoms. The SMILES string of the molecule is CCNc1nc(N)nc2ccsc12. The van der Waals surface area contributed by atoms with Gasteiger partial charge in [0.2, 0.25) is 5.95 Å². The topological polar surface area (TPSA) is 63.8 Å². The first-order valence-corrected chi connectivity index (χ1v) is 4.94. The smallest absolute Gasteiger partial charge is 0.222 e. The van der Waals surface area contributed by atoms with E-state index >= 15 is 0 Å². The van der Waals surface area contributed by atoms with Crippen LogP contribution in [0.5, 0.6) is 0 Å². The summed E-state index contributed by atoms with van der Waals surface area (Å²) in [6.07, 6.45) is 0. The summed E-state index contributed by atoms with van der Waals surface area (Å²) in [6, 6.07) is 1.94. The van der Waals surface area contributed by atoms with Crippen molar-refractivity contribution in [3.05, 3.63) is 11.4 Å². The number of rotatable bonds is 2. The first-order chi connectivity index (χ1) is 6.31. The van der Waals surface area contributed by atoms with Crippen molar-refractivity contribution in [2.75, 3.05) is 17.6 Å². The van der Waals surface area contributed by atoms with Crippen molar-refractivity contribution >= 4 is 33.3 Å². The fourth-order valence-corrected chi connectivity index (χ4v) is 1.97. The standard InChI is InChI=1S/C8H10N4S/c1-2-10-7-6-5(3-4-13-6)11-8(9)12-7/h3-4H,2H2,1H3,(H3,9,10,11,12). The minimum absolute atomic E-state index is 0.321. The molecule has 0 aliphatic heterocycles. The third-order valence-corrected chi connectivity index (χ3v) is 2.58. The minimum Gasteiger partial charge on any atom is -0.369 e. The zero-order valence-electron chi connectivity index (χ0n) is 7.24. The fraction of sp³-hybridized carbons (Fsp3) is 0.250. The lowest BCUT2D eigenvalue weighted by Gasteiger charge is -2.03. The molecular formula is C8H10N4S. The highest BCUT2D eigenvalue weighted by molar-refractivity contribution is 7.17. The predicted octanol–water partition coefficient (Wildman–Crippen LogP) is 1.71. The van der Waals surface area contributed by atoms with Crippen LogP contribution in [0.4, 0.5) is 11.8 Å². The van der Waals surface area contributed by atoms with E-state index in [9.17, 15) is 0 Å². The Bertz CT molecular complexity index is 423. The summed E-state index contributed by atoms with van der Waals surface area (Å²) in [7, 11) is 0. The van der Waals surface area contributed by atoms with E-state index in [4.69, 9.17) is 5.73 Å². The van der Waals surface area contributed by atoms with Gasteiger partial charge in [0.25, 0.3) is 0 Å². The lowest BCUT2D eigenvalue weighted by Crippen LogP contribution is -2.03. The molecule has 0 aliphatic carbocycles. The van der Waals surface area contributed by atoms with Gasteiger partial charge in [-0.25, -0.2) is 4.98 Å². The summed E-state index contributed by atoms with van der Waals surface area (Å²) >= 11 is 1.62. The number of thiophene rings is 1. The van der Waals surface area contributed by atoms with Crippen LogP contribution in [0.3, 0.4) is 0 Å². The van der Waals surface area contributed by atoms with Crippen molar-refractivity contribution in [1.82, 2.24) is 9.97 Å². The highest BCUT2D eigenvalue weighted by atomic mass is 32.1. The van der Waals surface area contributed by atoms with Crippen LogP contribution in [0.2, 0.25) is 0 Å². The minimum atomic E-state index is 0.321. The molecule has 0 aromatic carbocycles. The zero-order chi connectivity index (χ0) is 9.26. The number of hydrogen-bond donors (Lipinski definition) is 2. The summed E-state index contributed by atoms with van der Waals surface area (Å²) in [6.45, 7) is 2.86. The second-order valence-electron chi connectivity index (χ2n) is 2.60. The molecule has 13 heavy (non-hydrogen) atoms. The van der Waals surface area contributed by atoms with Gasteiger partial charge in [0.05, 0.1) is 10.2 Å². The van der Waals surface area contributed by atoms with E-state index in [-0.39, 0.29) is 0 Å². The Kier molecular flexibility index (Phi) is 2.02. The van der Waals surface area contributed by atoms with E-state index in [1.165, 1.54) is 0 Å². The molecule has 0 atom stereocenters. The van der Waals surface area contributed by atoms with E-state index in [1.54, 1.807) is 11.3 Å². The maximum Gasteiger partial charge on any atom is 0.222 e. The molecule has 2 aromatic heterocycles. The molecule has 0 aliphatic rings. The van der Waals surface area contributed by atoms with Crippen LogP contribution in [-0.4, -0.2) is 16.5 Å². The second kappa shape index (κ2) is 3.18. The molecule has 0 bridgehead atoms. The number of aromatic nitrogens is 2. The van der Waals surface area contributed by atoms with Gasteiger partial charge in [-0.15, -0.1) is 11.3 Å². The van der Waals surface area contributed by atoms with Crippen LogP contribution in [0.1, 0.15) is 6.92 Å². The van der Waals surface area contributed by atoms with Gasteiger partial charge in [-0.05, 0) is 18.4 Å². The first-order valence-electron chi connectivity index (χ1n) is 4.06. The van der Waals surface area contributed by atoms with Crippen molar-refractivity contribution in [2.24, 2.45) is 0 Å². The van der Waals surface area contributed by atoms with Crippen molar-refractivity contribution in [2.45, 2.75) is 6.92 Å². The largest absolute Gasteiger partial charge is 0.369 e. The Morgan fingerprint density at radius 1 is 1.54 bits per heavy atom. The molecule has 0 spiro atoms. The molecule has 0 unspecified atom stereocenters. The number of nitrogens with two attached hydrogens (primary N) is 1. The number of anilines is 2. The maximum absolute atomic E-state index is 5.56. The normalized spacial score (nSPS) is 10.5. The second-order valence-corrected chi connectivity index (χ2v) is 3.51. The van der Waals surface area contributed by atoms with Crippen molar-refractivity contribution < 1.29 is 0 Å². The molecule has 2 heterocycles. The zero-order valence-corrected chi connectivity index (χ0v) is 8.06. The third kappa shape index (κ3) is 1.42. The monoisotopic (exact) mass is 194 g/mol. The molecule has 0 amide bonds. The molecule has 2 aromatic rings. The Balaban J connectivity index is 2.63. The predicted molar refractivity (Wildman–Crippen MR) is 56.0 cm³/mol. The third-order valence-electron chi connectivity index (χ3n) is 1.67. The van der Waals surface area contributed by atoms with Gasteiger partial charge in [-0.1, -0.05) is 0 Å². The van der Waals surface area contributed by atoms with E-state index < -0.39 is 0 Å². The number of nitrogen functional groups attached to an aromatic ring is 1. The summed E-state index contributed by atoms with van der Waals surface area (Å²) in [5, 5.41) is 5.14. The molecule has 0 radical (unpaired) electrons. The lowest BCUT2D eigenvalue weighted by atomic mass is 10.4. The van der Waals surface area contributed by atoms with Crippen LogP contribution in [-0.2, 0) is 0 Å². The lowest BCUT2D eigenvalue weighted by molar-refractivity contribution is 1.15. The highest BCUT2D eigenvalue weighted by Crippen LogP contribution is 2.26. The van der Waals surface area contributed by atoms with Gasteiger partial charge < -0.3 is 11.1 Å². The number of hydrogen-bond acceptors (Lipinski definition) is 5. The van der Waals surface area contributed by atoms with Crippen molar-refractivity contribution in [3.8, 4) is 0 Å². The maximum atomic E-state index is 5.56. The highest BCUT2D eigenvalue weighted by Gasteiger charge is 2.05. The van der Waals surface area contributed by atoms with Crippen LogP contribution in [0, 0.1) is 0 Å². The molecule has 0 fully saturated rings. The van der Waals surface area contributed by atoms with Crippen LogP contribution >= 0.6 is 11.3 Å². The summed E-state index contributed by atoms with van der Waals surface area (Å²) in [5.74, 6) is 1.15. The average Bonchev–Trinajstić information content (AvgIpc) is 2.52.